The van der Waals surface area contributed by atoms with Crippen LogP contribution in [-0.2, 0) is 9.47 Å². The van der Waals surface area contributed by atoms with Crippen molar-refractivity contribution in [3.8, 4) is 0 Å². The van der Waals surface area contributed by atoms with Gasteiger partial charge in [0, 0.05) is 0 Å². The molecule has 0 bridgehead atoms. The van der Waals surface area contributed by atoms with Gasteiger partial charge in [-0.2, -0.15) is 0 Å². The number of rotatable bonds is 4. The van der Waals surface area contributed by atoms with E-state index >= 15 is 0 Å². The first-order valence-corrected chi connectivity index (χ1v) is 7.14. The molecule has 4 heteroatoms. The number of hydrogen-bond donors (Lipinski definition) is 2. The molecule has 1 saturated heterocycles. The highest BCUT2D eigenvalue weighted by Gasteiger charge is 2.27. The molecule has 0 spiro atoms. The molecule has 1 aliphatic carbocycles. The zero-order chi connectivity index (χ0) is 13.1. The molecule has 1 aromatic rings. The summed E-state index contributed by atoms with van der Waals surface area (Å²) in [6.45, 7) is 1.92. The van der Waals surface area contributed by atoms with Gasteiger partial charge in [0.05, 0.1) is 25.9 Å². The first-order valence-electron chi connectivity index (χ1n) is 7.14. The maximum Gasteiger partial charge on any atom is 0.102 e. The van der Waals surface area contributed by atoms with Gasteiger partial charge in [0.1, 0.15) is 6.10 Å². The van der Waals surface area contributed by atoms with Crippen LogP contribution in [-0.4, -0.2) is 25.9 Å². The molecule has 4 nitrogen and oxygen atoms in total. The fraction of sp³-hybridized carbons (Fsp3) is 0.600. The van der Waals surface area contributed by atoms with E-state index in [1.165, 1.54) is 30.4 Å². The topological polar surface area (TPSA) is 56.5 Å². The summed E-state index contributed by atoms with van der Waals surface area (Å²) in [7, 11) is 0. The van der Waals surface area contributed by atoms with Gasteiger partial charge in [0.2, 0.25) is 0 Å². The second-order valence-electron chi connectivity index (χ2n) is 5.43. The average Bonchev–Trinajstić information content (AvgIpc) is 2.39. The number of benzene rings is 1. The molecular formula is C15H22N2O2. The van der Waals surface area contributed by atoms with Gasteiger partial charge in [-0.3, -0.25) is 11.3 Å². The van der Waals surface area contributed by atoms with E-state index < -0.39 is 0 Å². The largest absolute Gasteiger partial charge is 0.376 e. The monoisotopic (exact) mass is 262 g/mol. The highest BCUT2D eigenvalue weighted by atomic mass is 16.6. The summed E-state index contributed by atoms with van der Waals surface area (Å²) in [5, 5.41) is 0. The fourth-order valence-electron chi connectivity index (χ4n) is 2.86. The first-order chi connectivity index (χ1) is 9.38. The second kappa shape index (κ2) is 6.01. The molecule has 3 N–H and O–H groups in total. The molecule has 2 unspecified atom stereocenters. The summed E-state index contributed by atoms with van der Waals surface area (Å²) in [6.07, 6.45) is 3.98. The number of hydrazine groups is 1. The molecule has 0 amide bonds. The molecule has 1 saturated carbocycles. The van der Waals surface area contributed by atoms with E-state index in [9.17, 15) is 0 Å². The van der Waals surface area contributed by atoms with Crippen LogP contribution >= 0.6 is 0 Å². The standard InChI is InChI=1S/C15H22N2O2/c16-17-15(14-10-18-7-8-19-14)13-6-2-5-12(9-13)11-3-1-4-11/h2,5-6,9,11,14-15,17H,1,3-4,7-8,10,16H2. The van der Waals surface area contributed by atoms with Crippen LogP contribution in [0.1, 0.15) is 42.3 Å². The molecule has 2 aliphatic rings. The van der Waals surface area contributed by atoms with Crippen molar-refractivity contribution in [3.05, 3.63) is 35.4 Å². The molecular weight excluding hydrogens is 240 g/mol. The summed E-state index contributed by atoms with van der Waals surface area (Å²) in [6, 6.07) is 8.73. The quantitative estimate of drug-likeness (QED) is 0.642. The fourth-order valence-corrected chi connectivity index (χ4v) is 2.86. The van der Waals surface area contributed by atoms with Crippen LogP contribution in [0, 0.1) is 0 Å². The lowest BCUT2D eigenvalue weighted by Crippen LogP contribution is -2.43. The average molecular weight is 262 g/mol. The minimum Gasteiger partial charge on any atom is -0.376 e. The molecule has 2 fully saturated rings. The van der Waals surface area contributed by atoms with Crippen molar-refractivity contribution in [2.24, 2.45) is 5.84 Å². The number of nitrogens with one attached hydrogen (secondary N) is 1. The van der Waals surface area contributed by atoms with Gasteiger partial charge in [0.25, 0.3) is 0 Å². The number of ether oxygens (including phenoxy) is 2. The predicted molar refractivity (Wildman–Crippen MR) is 73.7 cm³/mol. The van der Waals surface area contributed by atoms with Crippen LogP contribution < -0.4 is 11.3 Å². The highest BCUT2D eigenvalue weighted by molar-refractivity contribution is 5.30. The molecule has 19 heavy (non-hydrogen) atoms. The molecule has 1 aromatic carbocycles. The Morgan fingerprint density at radius 1 is 1.26 bits per heavy atom. The zero-order valence-electron chi connectivity index (χ0n) is 11.2. The lowest BCUT2D eigenvalue weighted by Gasteiger charge is -2.31. The smallest absolute Gasteiger partial charge is 0.102 e. The Hall–Kier alpha value is -0.940. The van der Waals surface area contributed by atoms with Crippen LogP contribution in [0.3, 0.4) is 0 Å². The van der Waals surface area contributed by atoms with Crippen molar-refractivity contribution in [2.75, 3.05) is 19.8 Å². The van der Waals surface area contributed by atoms with Crippen LogP contribution in [0.2, 0.25) is 0 Å². The Morgan fingerprint density at radius 3 is 2.79 bits per heavy atom. The predicted octanol–water partition coefficient (Wildman–Crippen LogP) is 1.87. The Bertz CT molecular complexity index is 414. The van der Waals surface area contributed by atoms with Gasteiger partial charge in [-0.15, -0.1) is 0 Å². The molecule has 0 aromatic heterocycles. The second-order valence-corrected chi connectivity index (χ2v) is 5.43. The summed E-state index contributed by atoms with van der Waals surface area (Å²) in [4.78, 5) is 0. The van der Waals surface area contributed by atoms with Crippen molar-refractivity contribution in [1.29, 1.82) is 0 Å². The Kier molecular flexibility index (Phi) is 4.13. The van der Waals surface area contributed by atoms with Crippen LogP contribution in [0.15, 0.2) is 24.3 Å². The molecule has 3 rings (SSSR count). The zero-order valence-corrected chi connectivity index (χ0v) is 11.2. The Labute approximate surface area is 114 Å². The van der Waals surface area contributed by atoms with Crippen molar-refractivity contribution in [3.63, 3.8) is 0 Å². The van der Waals surface area contributed by atoms with Gasteiger partial charge in [-0.25, -0.2) is 0 Å². The summed E-state index contributed by atoms with van der Waals surface area (Å²) in [5.41, 5.74) is 5.51. The van der Waals surface area contributed by atoms with Crippen LogP contribution in [0.25, 0.3) is 0 Å². The number of hydrogen-bond acceptors (Lipinski definition) is 4. The normalized spacial score (nSPS) is 25.8. The molecule has 104 valence electrons. The van der Waals surface area contributed by atoms with Crippen LogP contribution in [0.5, 0.6) is 0 Å². The maximum atomic E-state index is 5.76. The third-order valence-corrected chi connectivity index (χ3v) is 4.24. The van der Waals surface area contributed by atoms with Gasteiger partial charge >= 0.3 is 0 Å². The summed E-state index contributed by atoms with van der Waals surface area (Å²) >= 11 is 0. The van der Waals surface area contributed by atoms with Crippen molar-refractivity contribution in [2.45, 2.75) is 37.3 Å². The Morgan fingerprint density at radius 2 is 2.16 bits per heavy atom. The molecule has 1 aliphatic heterocycles. The van der Waals surface area contributed by atoms with E-state index in [0.29, 0.717) is 19.8 Å². The van der Waals surface area contributed by atoms with Gasteiger partial charge < -0.3 is 9.47 Å². The van der Waals surface area contributed by atoms with E-state index in [-0.39, 0.29) is 12.1 Å². The van der Waals surface area contributed by atoms with E-state index in [1.54, 1.807) is 0 Å². The minimum atomic E-state index is -0.00427. The van der Waals surface area contributed by atoms with Crippen molar-refractivity contribution < 1.29 is 9.47 Å². The maximum absolute atomic E-state index is 5.76. The van der Waals surface area contributed by atoms with Crippen molar-refractivity contribution >= 4 is 0 Å². The highest BCUT2D eigenvalue weighted by Crippen LogP contribution is 2.37. The van der Waals surface area contributed by atoms with Crippen molar-refractivity contribution in [1.82, 2.24) is 5.43 Å². The lowest BCUT2D eigenvalue weighted by atomic mass is 9.79. The van der Waals surface area contributed by atoms with E-state index in [1.807, 2.05) is 0 Å². The molecule has 0 radical (unpaired) electrons. The molecule has 2 atom stereocenters. The third-order valence-electron chi connectivity index (χ3n) is 4.24. The first kappa shape index (κ1) is 13.1. The lowest BCUT2D eigenvalue weighted by molar-refractivity contribution is -0.102. The number of nitrogens with two attached hydrogens (primary N) is 1. The van der Waals surface area contributed by atoms with Gasteiger partial charge in [0.15, 0.2) is 0 Å². The summed E-state index contributed by atoms with van der Waals surface area (Å²) in [5.74, 6) is 6.46. The van der Waals surface area contributed by atoms with E-state index in [4.69, 9.17) is 15.3 Å². The minimum absolute atomic E-state index is 0.000302. The van der Waals surface area contributed by atoms with Crippen LogP contribution in [0.4, 0.5) is 0 Å². The van der Waals surface area contributed by atoms with E-state index in [2.05, 4.69) is 29.7 Å². The van der Waals surface area contributed by atoms with E-state index in [0.717, 1.165) is 5.92 Å². The van der Waals surface area contributed by atoms with Gasteiger partial charge in [-0.05, 0) is 29.9 Å². The van der Waals surface area contributed by atoms with Gasteiger partial charge in [-0.1, -0.05) is 30.7 Å². The SMILES string of the molecule is NNC(c1cccc(C2CCC2)c1)C1COCCO1. The Balaban J connectivity index is 1.77. The summed E-state index contributed by atoms with van der Waals surface area (Å²) < 4.78 is 11.2. The molecule has 1 heterocycles. The third kappa shape index (κ3) is 2.82.